The summed E-state index contributed by atoms with van der Waals surface area (Å²) in [4.78, 5) is 0. The molecule has 1 saturated heterocycles. The van der Waals surface area contributed by atoms with Crippen molar-refractivity contribution in [2.24, 2.45) is 0 Å². The highest BCUT2D eigenvalue weighted by atomic mass is 16.5. The van der Waals surface area contributed by atoms with Gasteiger partial charge in [-0.3, -0.25) is 0 Å². The summed E-state index contributed by atoms with van der Waals surface area (Å²) in [7, 11) is 0. The predicted octanol–water partition coefficient (Wildman–Crippen LogP) is 3.20. The molecule has 0 aromatic rings. The Labute approximate surface area is 100 Å². The number of piperidine rings is 1. The van der Waals surface area contributed by atoms with E-state index in [1.54, 1.807) is 0 Å². The maximum atomic E-state index is 9.80. The first kappa shape index (κ1) is 15.9. The van der Waals surface area contributed by atoms with Crippen LogP contribution in [-0.2, 0) is 0 Å². The number of nitrogens with zero attached hydrogens (tertiary/aromatic N) is 1. The minimum Gasteiger partial charge on any atom is -0.393 e. The van der Waals surface area contributed by atoms with E-state index in [-0.39, 0.29) is 17.2 Å². The summed E-state index contributed by atoms with van der Waals surface area (Å²) in [5.74, 6) is 0. The summed E-state index contributed by atoms with van der Waals surface area (Å²) >= 11 is 0. The molecule has 1 fully saturated rings. The number of unbranched alkanes of at least 4 members (excludes halogenated alkanes) is 1. The molecule has 0 spiro atoms. The number of aliphatic hydroxyl groups is 1. The summed E-state index contributed by atoms with van der Waals surface area (Å²) in [6.45, 7) is 12.1. The van der Waals surface area contributed by atoms with Gasteiger partial charge in [-0.05, 0) is 40.5 Å². The van der Waals surface area contributed by atoms with Gasteiger partial charge >= 0.3 is 0 Å². The lowest BCUT2D eigenvalue weighted by Gasteiger charge is -2.50. The lowest BCUT2D eigenvalue weighted by atomic mass is 9.80. The van der Waals surface area contributed by atoms with Gasteiger partial charge in [0.2, 0.25) is 0 Å². The highest BCUT2D eigenvalue weighted by Crippen LogP contribution is 2.36. The molecule has 16 heavy (non-hydrogen) atoms. The summed E-state index contributed by atoms with van der Waals surface area (Å²) < 4.78 is 0. The molecular weight excluding hydrogens is 202 g/mol. The highest BCUT2D eigenvalue weighted by Gasteiger charge is 2.44. The molecule has 0 aromatic heterocycles. The Bertz CT molecular complexity index is 182. The number of hydroxylamine groups is 2. The standard InChI is InChI=1S/C9H19NO2.C4H10/c1-8(2)5-7(11)6-9(3,4)10(8)12;1-3-4-2/h7,11-12H,5-6H2,1-4H3;3-4H2,1-2H3. The van der Waals surface area contributed by atoms with Crippen molar-refractivity contribution < 1.29 is 10.3 Å². The SMILES string of the molecule is CC1(C)CC(O)CC(C)(C)N1O.CCCC. The highest BCUT2D eigenvalue weighted by molar-refractivity contribution is 4.95. The van der Waals surface area contributed by atoms with Crippen LogP contribution in [-0.4, -0.2) is 32.6 Å². The Kier molecular flexibility index (Phi) is 5.94. The molecule has 3 heteroatoms. The smallest absolute Gasteiger partial charge is 0.0576 e. The molecule has 1 aliphatic heterocycles. The molecule has 2 N–H and O–H groups in total. The van der Waals surface area contributed by atoms with Crippen molar-refractivity contribution in [2.75, 3.05) is 0 Å². The Balaban J connectivity index is 0.000000487. The predicted molar refractivity (Wildman–Crippen MR) is 67.6 cm³/mol. The summed E-state index contributed by atoms with van der Waals surface area (Å²) in [6.07, 6.45) is 3.61. The minimum atomic E-state index is -0.318. The number of hydrogen-bond donors (Lipinski definition) is 2. The van der Waals surface area contributed by atoms with Gasteiger partial charge < -0.3 is 10.3 Å². The largest absolute Gasteiger partial charge is 0.393 e. The van der Waals surface area contributed by atoms with Gasteiger partial charge in [-0.15, -0.1) is 0 Å². The Morgan fingerprint density at radius 2 is 1.31 bits per heavy atom. The summed E-state index contributed by atoms with van der Waals surface area (Å²) in [6, 6.07) is 0. The van der Waals surface area contributed by atoms with Crippen LogP contribution in [0.25, 0.3) is 0 Å². The van der Waals surface area contributed by atoms with Gasteiger partial charge in [-0.2, -0.15) is 5.06 Å². The van der Waals surface area contributed by atoms with Crippen LogP contribution >= 0.6 is 0 Å². The van der Waals surface area contributed by atoms with Gasteiger partial charge in [0.25, 0.3) is 0 Å². The van der Waals surface area contributed by atoms with Crippen LogP contribution in [0.2, 0.25) is 0 Å². The topological polar surface area (TPSA) is 43.7 Å². The van der Waals surface area contributed by atoms with Gasteiger partial charge in [0, 0.05) is 11.1 Å². The van der Waals surface area contributed by atoms with Gasteiger partial charge in [0.05, 0.1) is 6.10 Å². The lowest BCUT2D eigenvalue weighted by Crippen LogP contribution is -2.60. The maximum absolute atomic E-state index is 9.80. The molecule has 0 radical (unpaired) electrons. The van der Waals surface area contributed by atoms with Gasteiger partial charge in [-0.1, -0.05) is 26.7 Å². The van der Waals surface area contributed by atoms with E-state index in [2.05, 4.69) is 13.8 Å². The molecular formula is C13H29NO2. The van der Waals surface area contributed by atoms with E-state index in [0.29, 0.717) is 12.8 Å². The summed E-state index contributed by atoms with van der Waals surface area (Å²) in [5, 5.41) is 20.7. The van der Waals surface area contributed by atoms with E-state index in [4.69, 9.17) is 0 Å². The maximum Gasteiger partial charge on any atom is 0.0576 e. The van der Waals surface area contributed by atoms with Crippen molar-refractivity contribution in [3.63, 3.8) is 0 Å². The second-order valence-corrected chi connectivity index (χ2v) is 6.00. The van der Waals surface area contributed by atoms with Crippen LogP contribution < -0.4 is 0 Å². The fraction of sp³-hybridized carbons (Fsp3) is 1.00. The molecule has 0 aliphatic carbocycles. The van der Waals surface area contributed by atoms with E-state index in [0.717, 1.165) is 0 Å². The van der Waals surface area contributed by atoms with Crippen molar-refractivity contribution in [1.29, 1.82) is 0 Å². The number of hydrogen-bond acceptors (Lipinski definition) is 3. The first-order valence-corrected chi connectivity index (χ1v) is 6.34. The second-order valence-electron chi connectivity index (χ2n) is 6.00. The quantitative estimate of drug-likeness (QED) is 0.728. The van der Waals surface area contributed by atoms with Crippen molar-refractivity contribution in [1.82, 2.24) is 5.06 Å². The zero-order valence-corrected chi connectivity index (χ0v) is 11.7. The third-order valence-corrected chi connectivity index (χ3v) is 3.12. The fourth-order valence-electron chi connectivity index (χ4n) is 2.22. The van der Waals surface area contributed by atoms with E-state index in [1.165, 1.54) is 17.9 Å². The summed E-state index contributed by atoms with van der Waals surface area (Å²) in [5.41, 5.74) is -0.637. The van der Waals surface area contributed by atoms with Crippen LogP contribution in [0, 0.1) is 0 Å². The molecule has 0 atom stereocenters. The van der Waals surface area contributed by atoms with Crippen molar-refractivity contribution in [3.05, 3.63) is 0 Å². The molecule has 98 valence electrons. The van der Waals surface area contributed by atoms with Crippen LogP contribution in [0.4, 0.5) is 0 Å². The van der Waals surface area contributed by atoms with Crippen LogP contribution in [0.5, 0.6) is 0 Å². The third kappa shape index (κ3) is 4.40. The molecule has 0 unspecified atom stereocenters. The van der Waals surface area contributed by atoms with E-state index in [1.807, 2.05) is 27.7 Å². The normalized spacial score (nSPS) is 24.8. The molecule has 0 saturated carbocycles. The Hall–Kier alpha value is -0.120. The Morgan fingerprint density at radius 1 is 1.00 bits per heavy atom. The second kappa shape index (κ2) is 5.99. The third-order valence-electron chi connectivity index (χ3n) is 3.12. The van der Waals surface area contributed by atoms with Gasteiger partial charge in [-0.25, -0.2) is 0 Å². The zero-order valence-electron chi connectivity index (χ0n) is 11.7. The van der Waals surface area contributed by atoms with Crippen LogP contribution in [0.15, 0.2) is 0 Å². The first-order valence-electron chi connectivity index (χ1n) is 6.34. The molecule has 0 bridgehead atoms. The average molecular weight is 231 g/mol. The minimum absolute atomic E-state index is 0.293. The van der Waals surface area contributed by atoms with E-state index in [9.17, 15) is 10.3 Å². The van der Waals surface area contributed by atoms with Gasteiger partial charge in [0.15, 0.2) is 0 Å². The van der Waals surface area contributed by atoms with Gasteiger partial charge in [0.1, 0.15) is 0 Å². The fourth-order valence-corrected chi connectivity index (χ4v) is 2.22. The molecule has 1 heterocycles. The molecule has 1 aliphatic rings. The van der Waals surface area contributed by atoms with Crippen molar-refractivity contribution in [3.8, 4) is 0 Å². The van der Waals surface area contributed by atoms with Crippen LogP contribution in [0.3, 0.4) is 0 Å². The first-order chi connectivity index (χ1) is 7.17. The number of aliphatic hydroxyl groups excluding tert-OH is 1. The zero-order chi connectivity index (χ0) is 13.0. The molecule has 3 nitrogen and oxygen atoms in total. The molecule has 0 amide bonds. The van der Waals surface area contributed by atoms with Crippen molar-refractivity contribution >= 4 is 0 Å². The molecule has 1 rings (SSSR count). The van der Waals surface area contributed by atoms with E-state index >= 15 is 0 Å². The van der Waals surface area contributed by atoms with Crippen molar-refractivity contribution in [2.45, 2.75) is 84.4 Å². The van der Waals surface area contributed by atoms with Crippen LogP contribution in [0.1, 0.15) is 67.2 Å². The average Bonchev–Trinajstić information content (AvgIpc) is 2.13. The number of rotatable bonds is 1. The Morgan fingerprint density at radius 3 is 1.56 bits per heavy atom. The monoisotopic (exact) mass is 231 g/mol. The molecule has 0 aromatic carbocycles. The lowest BCUT2D eigenvalue weighted by molar-refractivity contribution is -0.257. The van der Waals surface area contributed by atoms with E-state index < -0.39 is 0 Å².